The average molecular weight is 211 g/mol. The molecular weight excluding hydrogens is 186 g/mol. The molecule has 88 valence electrons. The van der Waals surface area contributed by atoms with Crippen LogP contribution >= 0.6 is 0 Å². The Morgan fingerprint density at radius 1 is 1.00 bits per heavy atom. The van der Waals surface area contributed by atoms with Gasteiger partial charge in [0.1, 0.15) is 0 Å². The predicted molar refractivity (Wildman–Crippen MR) is 62.8 cm³/mol. The fourth-order valence-corrected chi connectivity index (χ4v) is 3.07. The van der Waals surface area contributed by atoms with Gasteiger partial charge in [-0.2, -0.15) is 0 Å². The molecule has 0 amide bonds. The maximum absolute atomic E-state index is 6.53. The lowest BCUT2D eigenvalue weighted by Crippen LogP contribution is -2.43. The van der Waals surface area contributed by atoms with Gasteiger partial charge >= 0.3 is 0 Å². The second kappa shape index (κ2) is 5.31. The maximum Gasteiger partial charge on any atom is 0.0593 e. The second-order valence-corrected chi connectivity index (χ2v) is 5.47. The monoisotopic (exact) mass is 211 g/mol. The first-order valence-electron chi connectivity index (χ1n) is 6.69. The second-order valence-electron chi connectivity index (χ2n) is 5.47. The smallest absolute Gasteiger partial charge is 0.0593 e. The lowest BCUT2D eigenvalue weighted by Gasteiger charge is -2.33. The topological polar surface area (TPSA) is 35.2 Å². The van der Waals surface area contributed by atoms with Crippen LogP contribution in [0.25, 0.3) is 0 Å². The van der Waals surface area contributed by atoms with Crippen molar-refractivity contribution in [1.82, 2.24) is 0 Å². The number of hydrogen-bond donors (Lipinski definition) is 1. The molecule has 2 N–H and O–H groups in total. The molecule has 0 spiro atoms. The van der Waals surface area contributed by atoms with Gasteiger partial charge in [-0.25, -0.2) is 0 Å². The minimum atomic E-state index is 0.0927. The molecule has 2 aliphatic rings. The zero-order valence-corrected chi connectivity index (χ0v) is 9.84. The van der Waals surface area contributed by atoms with Crippen molar-refractivity contribution in [2.75, 3.05) is 6.61 Å². The molecule has 2 fully saturated rings. The number of nitrogens with two attached hydrogens (primary N) is 1. The molecule has 2 rings (SSSR count). The molecule has 1 atom stereocenters. The van der Waals surface area contributed by atoms with Crippen molar-refractivity contribution in [3.8, 4) is 0 Å². The molecule has 15 heavy (non-hydrogen) atoms. The van der Waals surface area contributed by atoms with E-state index in [1.807, 2.05) is 0 Å². The van der Waals surface area contributed by atoms with Crippen LogP contribution in [0.15, 0.2) is 0 Å². The van der Waals surface area contributed by atoms with Crippen LogP contribution in [-0.2, 0) is 4.74 Å². The highest BCUT2D eigenvalue weighted by atomic mass is 16.5. The number of hydrogen-bond acceptors (Lipinski definition) is 2. The van der Waals surface area contributed by atoms with Crippen LogP contribution < -0.4 is 5.73 Å². The summed E-state index contributed by atoms with van der Waals surface area (Å²) in [6.07, 6.45) is 13.3. The summed E-state index contributed by atoms with van der Waals surface area (Å²) in [5.41, 5.74) is 6.62. The van der Waals surface area contributed by atoms with Gasteiger partial charge in [0.25, 0.3) is 0 Å². The Hall–Kier alpha value is -0.0800. The standard InChI is InChI=1S/C13H25NO/c14-13(11-12-7-6-10-15-12)8-4-2-1-3-5-9-13/h12H,1-11,14H2. The molecule has 1 aliphatic heterocycles. The van der Waals surface area contributed by atoms with Crippen molar-refractivity contribution in [1.29, 1.82) is 0 Å². The molecular formula is C13H25NO. The molecule has 0 aromatic heterocycles. The average Bonchev–Trinajstić information content (AvgIpc) is 2.65. The highest BCUT2D eigenvalue weighted by Gasteiger charge is 2.30. The summed E-state index contributed by atoms with van der Waals surface area (Å²) in [4.78, 5) is 0. The van der Waals surface area contributed by atoms with E-state index in [2.05, 4.69) is 0 Å². The third-order valence-corrected chi connectivity index (χ3v) is 4.01. The van der Waals surface area contributed by atoms with Crippen LogP contribution in [0, 0.1) is 0 Å². The van der Waals surface area contributed by atoms with Crippen molar-refractivity contribution >= 4 is 0 Å². The highest BCUT2D eigenvalue weighted by Crippen LogP contribution is 2.31. The van der Waals surface area contributed by atoms with Crippen LogP contribution in [0.2, 0.25) is 0 Å². The number of rotatable bonds is 2. The fraction of sp³-hybridized carbons (Fsp3) is 1.00. The third-order valence-electron chi connectivity index (χ3n) is 4.01. The summed E-state index contributed by atoms with van der Waals surface area (Å²) in [5.74, 6) is 0. The van der Waals surface area contributed by atoms with E-state index in [4.69, 9.17) is 10.5 Å². The SMILES string of the molecule is NC1(CC2CCCO2)CCCCCCC1. The van der Waals surface area contributed by atoms with Gasteiger partial charge in [-0.15, -0.1) is 0 Å². The molecule has 0 radical (unpaired) electrons. The first-order chi connectivity index (χ1) is 7.29. The van der Waals surface area contributed by atoms with Gasteiger partial charge in [0.15, 0.2) is 0 Å². The van der Waals surface area contributed by atoms with Crippen molar-refractivity contribution in [3.63, 3.8) is 0 Å². The van der Waals surface area contributed by atoms with E-state index < -0.39 is 0 Å². The highest BCUT2D eigenvalue weighted by molar-refractivity contribution is 4.89. The first-order valence-corrected chi connectivity index (χ1v) is 6.69. The van der Waals surface area contributed by atoms with Gasteiger partial charge in [-0.05, 0) is 32.1 Å². The maximum atomic E-state index is 6.53. The van der Waals surface area contributed by atoms with Gasteiger partial charge in [-0.1, -0.05) is 32.1 Å². The molecule has 1 saturated heterocycles. The van der Waals surface area contributed by atoms with Gasteiger partial charge in [0.2, 0.25) is 0 Å². The molecule has 0 bridgehead atoms. The predicted octanol–water partition coefficient (Wildman–Crippen LogP) is 3.00. The Balaban J connectivity index is 1.84. The van der Waals surface area contributed by atoms with E-state index in [1.54, 1.807) is 0 Å². The molecule has 2 heteroatoms. The van der Waals surface area contributed by atoms with E-state index in [9.17, 15) is 0 Å². The van der Waals surface area contributed by atoms with E-state index in [1.165, 1.54) is 57.8 Å². The van der Waals surface area contributed by atoms with E-state index in [0.29, 0.717) is 6.10 Å². The zero-order valence-electron chi connectivity index (χ0n) is 9.84. The summed E-state index contributed by atoms with van der Waals surface area (Å²) in [7, 11) is 0. The molecule has 2 nitrogen and oxygen atoms in total. The van der Waals surface area contributed by atoms with Gasteiger partial charge < -0.3 is 10.5 Å². The Labute approximate surface area is 93.6 Å². The van der Waals surface area contributed by atoms with Crippen LogP contribution in [0.3, 0.4) is 0 Å². The quantitative estimate of drug-likeness (QED) is 0.762. The zero-order chi connectivity index (χ0) is 10.6. The Morgan fingerprint density at radius 2 is 1.67 bits per heavy atom. The van der Waals surface area contributed by atoms with Gasteiger partial charge in [-0.3, -0.25) is 0 Å². The van der Waals surface area contributed by atoms with E-state index in [-0.39, 0.29) is 5.54 Å². The molecule has 1 heterocycles. The van der Waals surface area contributed by atoms with E-state index >= 15 is 0 Å². The summed E-state index contributed by atoms with van der Waals surface area (Å²) in [6, 6.07) is 0. The first kappa shape index (κ1) is 11.4. The summed E-state index contributed by atoms with van der Waals surface area (Å²) in [6.45, 7) is 0.959. The van der Waals surface area contributed by atoms with Crippen molar-refractivity contribution < 1.29 is 4.74 Å². The lowest BCUT2D eigenvalue weighted by molar-refractivity contribution is 0.0768. The summed E-state index contributed by atoms with van der Waals surface area (Å²) < 4.78 is 5.71. The van der Waals surface area contributed by atoms with Crippen molar-refractivity contribution in [2.24, 2.45) is 5.73 Å². The van der Waals surface area contributed by atoms with Crippen molar-refractivity contribution in [3.05, 3.63) is 0 Å². The molecule has 1 saturated carbocycles. The minimum absolute atomic E-state index is 0.0927. The van der Waals surface area contributed by atoms with Crippen LogP contribution in [0.4, 0.5) is 0 Å². The van der Waals surface area contributed by atoms with Crippen LogP contribution in [0.1, 0.15) is 64.2 Å². The summed E-state index contributed by atoms with van der Waals surface area (Å²) in [5, 5.41) is 0. The third kappa shape index (κ3) is 3.46. The van der Waals surface area contributed by atoms with Gasteiger partial charge in [0, 0.05) is 12.1 Å². The molecule has 0 aromatic rings. The largest absolute Gasteiger partial charge is 0.378 e. The minimum Gasteiger partial charge on any atom is -0.378 e. The Bertz CT molecular complexity index is 179. The normalized spacial score (nSPS) is 32.2. The Morgan fingerprint density at radius 3 is 2.27 bits per heavy atom. The van der Waals surface area contributed by atoms with Crippen molar-refractivity contribution in [2.45, 2.75) is 75.9 Å². The van der Waals surface area contributed by atoms with Crippen LogP contribution in [-0.4, -0.2) is 18.2 Å². The van der Waals surface area contributed by atoms with Crippen LogP contribution in [0.5, 0.6) is 0 Å². The fourth-order valence-electron chi connectivity index (χ4n) is 3.07. The lowest BCUT2D eigenvalue weighted by atomic mass is 9.80. The molecule has 0 aromatic carbocycles. The Kier molecular flexibility index (Phi) is 4.04. The van der Waals surface area contributed by atoms with Gasteiger partial charge in [0.05, 0.1) is 6.10 Å². The summed E-state index contributed by atoms with van der Waals surface area (Å²) >= 11 is 0. The number of ether oxygens (including phenoxy) is 1. The molecule has 1 aliphatic carbocycles. The van der Waals surface area contributed by atoms with E-state index in [0.717, 1.165) is 13.0 Å². The molecule has 1 unspecified atom stereocenters.